The Morgan fingerprint density at radius 2 is 2.05 bits per heavy atom. The second-order valence-corrected chi connectivity index (χ2v) is 5.34. The van der Waals surface area contributed by atoms with Gasteiger partial charge < -0.3 is 5.32 Å². The molecule has 0 atom stereocenters. The molecular weight excluding hydrogens is 353 g/mol. The lowest BCUT2D eigenvalue weighted by Gasteiger charge is -2.09. The number of aromatic nitrogens is 4. The van der Waals surface area contributed by atoms with E-state index in [0.717, 1.165) is 10.2 Å². The molecule has 0 saturated heterocycles. The van der Waals surface area contributed by atoms with Crippen molar-refractivity contribution in [3.63, 3.8) is 0 Å². The van der Waals surface area contributed by atoms with Crippen LogP contribution in [0.5, 0.6) is 0 Å². The molecule has 0 amide bonds. The summed E-state index contributed by atoms with van der Waals surface area (Å²) in [5, 5.41) is 8.26. The molecule has 2 heterocycles. The van der Waals surface area contributed by atoms with Crippen LogP contribution in [0.25, 0.3) is 5.78 Å². The van der Waals surface area contributed by atoms with Crippen molar-refractivity contribution in [1.82, 2.24) is 19.6 Å². The predicted octanol–water partition coefficient (Wildman–Crippen LogP) is 3.94. The number of hydrogen-bond acceptors (Lipinski definition) is 4. The smallest absolute Gasteiger partial charge is 0.255 e. The maximum Gasteiger partial charge on any atom is 0.255 e. The molecule has 2 aromatic heterocycles. The third-order valence-corrected chi connectivity index (χ3v) is 3.82. The summed E-state index contributed by atoms with van der Waals surface area (Å²) in [7, 11) is 0. The third kappa shape index (κ3) is 2.51. The number of rotatable bonds is 2. The van der Waals surface area contributed by atoms with Crippen LogP contribution in [0.4, 0.5) is 11.5 Å². The second-order valence-electron chi connectivity index (χ2n) is 3.69. The Hall–Kier alpha value is -1.37. The van der Waals surface area contributed by atoms with Gasteiger partial charge in [-0.3, -0.25) is 0 Å². The standard InChI is InChI=1S/C11H6BrCl2N5/c12-7-3-6(1-2-8(7)13)17-10-4-9(14)18-11-15-5-16-19(10)11/h1-5,17H. The van der Waals surface area contributed by atoms with Crippen LogP contribution in [-0.2, 0) is 0 Å². The molecular formula is C11H6BrCl2N5. The lowest BCUT2D eigenvalue weighted by molar-refractivity contribution is 0.947. The average Bonchev–Trinajstić information content (AvgIpc) is 2.82. The van der Waals surface area contributed by atoms with Crippen molar-refractivity contribution in [2.45, 2.75) is 0 Å². The fraction of sp³-hybridized carbons (Fsp3) is 0. The van der Waals surface area contributed by atoms with Gasteiger partial charge in [0, 0.05) is 16.2 Å². The number of fused-ring (bicyclic) bond motifs is 1. The van der Waals surface area contributed by atoms with E-state index in [4.69, 9.17) is 23.2 Å². The fourth-order valence-corrected chi connectivity index (χ4v) is 2.27. The molecule has 1 aromatic carbocycles. The summed E-state index contributed by atoms with van der Waals surface area (Å²) in [5.41, 5.74) is 0.843. The Morgan fingerprint density at radius 1 is 1.21 bits per heavy atom. The van der Waals surface area contributed by atoms with Crippen LogP contribution in [0.1, 0.15) is 0 Å². The molecule has 0 radical (unpaired) electrons. The lowest BCUT2D eigenvalue weighted by atomic mass is 10.3. The predicted molar refractivity (Wildman–Crippen MR) is 78.2 cm³/mol. The molecule has 0 fully saturated rings. The van der Waals surface area contributed by atoms with Gasteiger partial charge in [0.1, 0.15) is 17.3 Å². The highest BCUT2D eigenvalue weighted by atomic mass is 79.9. The van der Waals surface area contributed by atoms with Crippen LogP contribution in [0.3, 0.4) is 0 Å². The molecule has 0 aliphatic carbocycles. The minimum absolute atomic E-state index is 0.344. The van der Waals surface area contributed by atoms with Gasteiger partial charge in [0.05, 0.1) is 5.02 Å². The number of hydrogen-bond donors (Lipinski definition) is 1. The van der Waals surface area contributed by atoms with Gasteiger partial charge in [-0.05, 0) is 34.1 Å². The summed E-state index contributed by atoms with van der Waals surface area (Å²) in [6.07, 6.45) is 1.42. The van der Waals surface area contributed by atoms with E-state index in [9.17, 15) is 0 Å². The van der Waals surface area contributed by atoms with Crippen LogP contribution in [0.2, 0.25) is 10.2 Å². The van der Waals surface area contributed by atoms with E-state index in [0.29, 0.717) is 21.8 Å². The zero-order valence-electron chi connectivity index (χ0n) is 9.31. The molecule has 1 N–H and O–H groups in total. The fourth-order valence-electron chi connectivity index (χ4n) is 1.59. The normalized spacial score (nSPS) is 10.9. The van der Waals surface area contributed by atoms with Gasteiger partial charge in [0.15, 0.2) is 0 Å². The van der Waals surface area contributed by atoms with Gasteiger partial charge in [-0.1, -0.05) is 23.2 Å². The van der Waals surface area contributed by atoms with Gasteiger partial charge in [0.25, 0.3) is 5.78 Å². The second kappa shape index (κ2) is 4.96. The molecule has 5 nitrogen and oxygen atoms in total. The van der Waals surface area contributed by atoms with E-state index in [1.54, 1.807) is 16.6 Å². The minimum atomic E-state index is 0.344. The summed E-state index contributed by atoms with van der Waals surface area (Å²) in [6, 6.07) is 7.17. The monoisotopic (exact) mass is 357 g/mol. The van der Waals surface area contributed by atoms with Gasteiger partial charge in [0.2, 0.25) is 0 Å². The van der Waals surface area contributed by atoms with Gasteiger partial charge in [-0.15, -0.1) is 0 Å². The molecule has 8 heteroatoms. The Balaban J connectivity index is 2.04. The molecule has 3 rings (SSSR count). The van der Waals surface area contributed by atoms with Gasteiger partial charge in [-0.25, -0.2) is 0 Å². The van der Waals surface area contributed by atoms with Gasteiger partial charge in [-0.2, -0.15) is 19.6 Å². The van der Waals surface area contributed by atoms with Crippen LogP contribution in [0, 0.1) is 0 Å². The number of halogens is 3. The van der Waals surface area contributed by atoms with Crippen molar-refractivity contribution in [2.24, 2.45) is 0 Å². The van der Waals surface area contributed by atoms with Crippen molar-refractivity contribution in [1.29, 1.82) is 0 Å². The van der Waals surface area contributed by atoms with E-state index in [1.165, 1.54) is 6.33 Å². The van der Waals surface area contributed by atoms with Crippen molar-refractivity contribution in [3.8, 4) is 0 Å². The van der Waals surface area contributed by atoms with Crippen LogP contribution < -0.4 is 5.32 Å². The van der Waals surface area contributed by atoms with E-state index in [-0.39, 0.29) is 0 Å². The molecule has 0 spiro atoms. The molecule has 19 heavy (non-hydrogen) atoms. The summed E-state index contributed by atoms with van der Waals surface area (Å²) in [6.45, 7) is 0. The van der Waals surface area contributed by atoms with Crippen LogP contribution in [-0.4, -0.2) is 19.6 Å². The van der Waals surface area contributed by atoms with E-state index in [1.807, 2.05) is 12.1 Å². The first-order valence-corrected chi connectivity index (χ1v) is 6.77. The molecule has 0 aliphatic rings. The topological polar surface area (TPSA) is 55.1 Å². The van der Waals surface area contributed by atoms with E-state index >= 15 is 0 Å². The number of nitrogens with one attached hydrogen (secondary N) is 1. The van der Waals surface area contributed by atoms with E-state index < -0.39 is 0 Å². The van der Waals surface area contributed by atoms with Crippen LogP contribution in [0.15, 0.2) is 35.1 Å². The van der Waals surface area contributed by atoms with Crippen LogP contribution >= 0.6 is 39.1 Å². The highest BCUT2D eigenvalue weighted by Crippen LogP contribution is 2.27. The highest BCUT2D eigenvalue weighted by Gasteiger charge is 2.07. The van der Waals surface area contributed by atoms with E-state index in [2.05, 4.69) is 36.3 Å². The Kier molecular flexibility index (Phi) is 3.30. The molecule has 0 aliphatic heterocycles. The summed E-state index contributed by atoms with van der Waals surface area (Å²) < 4.78 is 2.36. The molecule has 96 valence electrons. The molecule has 0 unspecified atom stereocenters. The summed E-state index contributed by atoms with van der Waals surface area (Å²) >= 11 is 15.3. The van der Waals surface area contributed by atoms with Gasteiger partial charge >= 0.3 is 0 Å². The SMILES string of the molecule is Clc1cc(Nc2ccc(Cl)c(Br)c2)n2ncnc2n1. The molecule has 0 saturated carbocycles. The zero-order valence-corrected chi connectivity index (χ0v) is 12.4. The van der Waals surface area contributed by atoms with Crippen molar-refractivity contribution >= 4 is 56.4 Å². The Labute approximate surface area is 126 Å². The number of nitrogens with zero attached hydrogens (tertiary/aromatic N) is 4. The highest BCUT2D eigenvalue weighted by molar-refractivity contribution is 9.10. The number of benzene rings is 1. The molecule has 0 bridgehead atoms. The maximum atomic E-state index is 5.95. The number of anilines is 2. The first-order chi connectivity index (χ1) is 9.13. The third-order valence-electron chi connectivity index (χ3n) is 2.41. The van der Waals surface area contributed by atoms with Crippen molar-refractivity contribution in [3.05, 3.63) is 45.2 Å². The first kappa shape index (κ1) is 12.7. The largest absolute Gasteiger partial charge is 0.340 e. The lowest BCUT2D eigenvalue weighted by Crippen LogP contribution is -2.01. The quantitative estimate of drug-likeness (QED) is 0.705. The zero-order chi connectivity index (χ0) is 13.4. The first-order valence-electron chi connectivity index (χ1n) is 5.22. The minimum Gasteiger partial charge on any atom is -0.340 e. The molecule has 3 aromatic rings. The Bertz CT molecular complexity index is 758. The van der Waals surface area contributed by atoms with Crippen molar-refractivity contribution in [2.75, 3.05) is 5.32 Å². The maximum absolute atomic E-state index is 5.95. The average molecular weight is 359 g/mol. The summed E-state index contributed by atoms with van der Waals surface area (Å²) in [4.78, 5) is 8.05. The Morgan fingerprint density at radius 3 is 2.84 bits per heavy atom. The summed E-state index contributed by atoms with van der Waals surface area (Å²) in [5.74, 6) is 1.10. The van der Waals surface area contributed by atoms with Crippen molar-refractivity contribution < 1.29 is 0 Å².